The van der Waals surface area contributed by atoms with E-state index < -0.39 is 0 Å². The zero-order valence-electron chi connectivity index (χ0n) is 10.8. The Morgan fingerprint density at radius 1 is 1.24 bits per heavy atom. The molecule has 17 heavy (non-hydrogen) atoms. The Balaban J connectivity index is 2.36. The second-order valence-corrected chi connectivity index (χ2v) is 4.24. The molecule has 0 spiro atoms. The lowest BCUT2D eigenvalue weighted by atomic mass is 10.2. The molecule has 0 aromatic heterocycles. The SMILES string of the molecule is CNc1ccc(C(=O)NCCCN(C)C)cc1. The van der Waals surface area contributed by atoms with E-state index in [0.29, 0.717) is 12.1 Å². The van der Waals surface area contributed by atoms with Crippen molar-refractivity contribution in [1.29, 1.82) is 0 Å². The molecule has 0 aliphatic rings. The summed E-state index contributed by atoms with van der Waals surface area (Å²) in [6.07, 6.45) is 0.966. The number of nitrogens with one attached hydrogen (secondary N) is 2. The van der Waals surface area contributed by atoms with Gasteiger partial charge in [0, 0.05) is 24.8 Å². The second kappa shape index (κ2) is 6.91. The molecule has 1 rings (SSSR count). The van der Waals surface area contributed by atoms with Gasteiger partial charge < -0.3 is 15.5 Å². The first-order valence-electron chi connectivity index (χ1n) is 5.84. The highest BCUT2D eigenvalue weighted by molar-refractivity contribution is 5.94. The van der Waals surface area contributed by atoms with Crippen molar-refractivity contribution in [1.82, 2.24) is 10.2 Å². The number of anilines is 1. The standard InChI is InChI=1S/C13H21N3O/c1-14-12-7-5-11(6-8-12)13(17)15-9-4-10-16(2)3/h5-8,14H,4,9-10H2,1-3H3,(H,15,17). The highest BCUT2D eigenvalue weighted by Crippen LogP contribution is 2.08. The smallest absolute Gasteiger partial charge is 0.251 e. The zero-order valence-corrected chi connectivity index (χ0v) is 10.8. The van der Waals surface area contributed by atoms with Gasteiger partial charge in [0.05, 0.1) is 0 Å². The molecule has 0 fully saturated rings. The van der Waals surface area contributed by atoms with Crippen LogP contribution in [0, 0.1) is 0 Å². The fourth-order valence-electron chi connectivity index (χ4n) is 1.49. The van der Waals surface area contributed by atoms with Gasteiger partial charge in [-0.2, -0.15) is 0 Å². The van der Waals surface area contributed by atoms with Crippen molar-refractivity contribution < 1.29 is 4.79 Å². The Hall–Kier alpha value is -1.55. The fraction of sp³-hybridized carbons (Fsp3) is 0.462. The van der Waals surface area contributed by atoms with Gasteiger partial charge in [-0.05, 0) is 51.3 Å². The Kier molecular flexibility index (Phi) is 5.49. The predicted octanol–water partition coefficient (Wildman–Crippen LogP) is 1.41. The number of hydrogen-bond donors (Lipinski definition) is 2. The van der Waals surface area contributed by atoms with E-state index in [-0.39, 0.29) is 5.91 Å². The van der Waals surface area contributed by atoms with Crippen molar-refractivity contribution in [3.05, 3.63) is 29.8 Å². The van der Waals surface area contributed by atoms with Crippen LogP contribution in [0.25, 0.3) is 0 Å². The molecule has 1 aromatic carbocycles. The molecule has 0 bridgehead atoms. The maximum atomic E-state index is 11.7. The van der Waals surface area contributed by atoms with Crippen LogP contribution in [0.15, 0.2) is 24.3 Å². The molecule has 1 aromatic rings. The Labute approximate surface area is 103 Å². The van der Waals surface area contributed by atoms with Crippen molar-refractivity contribution in [2.45, 2.75) is 6.42 Å². The minimum Gasteiger partial charge on any atom is -0.388 e. The van der Waals surface area contributed by atoms with E-state index in [9.17, 15) is 4.79 Å². The molecule has 0 saturated carbocycles. The van der Waals surface area contributed by atoms with E-state index >= 15 is 0 Å². The van der Waals surface area contributed by atoms with E-state index in [1.807, 2.05) is 45.4 Å². The number of carbonyl (C=O) groups excluding carboxylic acids is 1. The number of nitrogens with zero attached hydrogens (tertiary/aromatic N) is 1. The molecule has 0 aliphatic heterocycles. The molecule has 0 atom stereocenters. The van der Waals surface area contributed by atoms with Gasteiger partial charge in [-0.15, -0.1) is 0 Å². The van der Waals surface area contributed by atoms with Gasteiger partial charge >= 0.3 is 0 Å². The van der Waals surface area contributed by atoms with Crippen LogP contribution in [0.5, 0.6) is 0 Å². The zero-order chi connectivity index (χ0) is 12.7. The molecular formula is C13H21N3O. The topological polar surface area (TPSA) is 44.4 Å². The maximum absolute atomic E-state index is 11.7. The van der Waals surface area contributed by atoms with Crippen LogP contribution in [0.1, 0.15) is 16.8 Å². The van der Waals surface area contributed by atoms with Crippen molar-refractivity contribution in [3.8, 4) is 0 Å². The average Bonchev–Trinajstić information content (AvgIpc) is 2.34. The van der Waals surface area contributed by atoms with Crippen molar-refractivity contribution in [3.63, 3.8) is 0 Å². The van der Waals surface area contributed by atoms with Crippen molar-refractivity contribution >= 4 is 11.6 Å². The van der Waals surface area contributed by atoms with Gasteiger partial charge in [0.25, 0.3) is 5.91 Å². The van der Waals surface area contributed by atoms with E-state index in [1.54, 1.807) is 0 Å². The predicted molar refractivity (Wildman–Crippen MR) is 71.5 cm³/mol. The molecule has 2 N–H and O–H groups in total. The minimum absolute atomic E-state index is 0.00795. The third-order valence-corrected chi connectivity index (χ3v) is 2.50. The van der Waals surface area contributed by atoms with Gasteiger partial charge in [-0.25, -0.2) is 0 Å². The lowest BCUT2D eigenvalue weighted by Crippen LogP contribution is -2.27. The van der Waals surface area contributed by atoms with Crippen LogP contribution in [-0.2, 0) is 0 Å². The van der Waals surface area contributed by atoms with Crippen LogP contribution in [0.2, 0.25) is 0 Å². The first kappa shape index (κ1) is 13.5. The van der Waals surface area contributed by atoms with Gasteiger partial charge in [0.2, 0.25) is 0 Å². The first-order valence-corrected chi connectivity index (χ1v) is 5.84. The number of hydrogen-bond acceptors (Lipinski definition) is 3. The summed E-state index contributed by atoms with van der Waals surface area (Å²) < 4.78 is 0. The fourth-order valence-corrected chi connectivity index (χ4v) is 1.49. The largest absolute Gasteiger partial charge is 0.388 e. The van der Waals surface area contributed by atoms with Crippen LogP contribution in [0.3, 0.4) is 0 Å². The highest BCUT2D eigenvalue weighted by Gasteiger charge is 2.03. The highest BCUT2D eigenvalue weighted by atomic mass is 16.1. The summed E-state index contributed by atoms with van der Waals surface area (Å²) in [7, 11) is 5.91. The van der Waals surface area contributed by atoms with E-state index in [2.05, 4.69) is 15.5 Å². The van der Waals surface area contributed by atoms with Crippen molar-refractivity contribution in [2.24, 2.45) is 0 Å². The van der Waals surface area contributed by atoms with Crippen LogP contribution < -0.4 is 10.6 Å². The number of rotatable bonds is 6. The summed E-state index contributed by atoms with van der Waals surface area (Å²) in [4.78, 5) is 13.8. The molecule has 0 unspecified atom stereocenters. The summed E-state index contributed by atoms with van der Waals surface area (Å²) in [5, 5.41) is 5.93. The number of benzene rings is 1. The number of carbonyl (C=O) groups is 1. The molecule has 94 valence electrons. The Morgan fingerprint density at radius 2 is 1.88 bits per heavy atom. The van der Waals surface area contributed by atoms with Crippen LogP contribution in [-0.4, -0.2) is 45.0 Å². The van der Waals surface area contributed by atoms with E-state index in [0.717, 1.165) is 18.7 Å². The van der Waals surface area contributed by atoms with Gasteiger partial charge in [0.1, 0.15) is 0 Å². The molecule has 0 heterocycles. The molecule has 4 nitrogen and oxygen atoms in total. The lowest BCUT2D eigenvalue weighted by molar-refractivity contribution is 0.0952. The summed E-state index contributed by atoms with van der Waals surface area (Å²) in [6.45, 7) is 1.70. The Morgan fingerprint density at radius 3 is 2.41 bits per heavy atom. The molecule has 0 radical (unpaired) electrons. The summed E-state index contributed by atoms with van der Waals surface area (Å²) in [5.74, 6) is -0.00795. The maximum Gasteiger partial charge on any atom is 0.251 e. The molecule has 0 saturated heterocycles. The van der Waals surface area contributed by atoms with Crippen LogP contribution >= 0.6 is 0 Å². The van der Waals surface area contributed by atoms with E-state index in [1.165, 1.54) is 0 Å². The normalized spacial score (nSPS) is 10.4. The third-order valence-electron chi connectivity index (χ3n) is 2.50. The first-order chi connectivity index (χ1) is 8.13. The molecule has 1 amide bonds. The summed E-state index contributed by atoms with van der Waals surface area (Å²) >= 11 is 0. The van der Waals surface area contributed by atoms with Gasteiger partial charge in [-0.1, -0.05) is 0 Å². The summed E-state index contributed by atoms with van der Waals surface area (Å²) in [6, 6.07) is 7.45. The summed E-state index contributed by atoms with van der Waals surface area (Å²) in [5.41, 5.74) is 1.71. The van der Waals surface area contributed by atoms with Gasteiger partial charge in [0.15, 0.2) is 0 Å². The molecule has 0 aliphatic carbocycles. The minimum atomic E-state index is -0.00795. The molecular weight excluding hydrogens is 214 g/mol. The quantitative estimate of drug-likeness (QED) is 0.733. The van der Waals surface area contributed by atoms with Crippen molar-refractivity contribution in [2.75, 3.05) is 39.5 Å². The average molecular weight is 235 g/mol. The van der Waals surface area contributed by atoms with Gasteiger partial charge in [-0.3, -0.25) is 4.79 Å². The third kappa shape index (κ3) is 4.87. The lowest BCUT2D eigenvalue weighted by Gasteiger charge is -2.10. The van der Waals surface area contributed by atoms with E-state index in [4.69, 9.17) is 0 Å². The number of amides is 1. The Bertz CT molecular complexity index is 346. The van der Waals surface area contributed by atoms with Crippen LogP contribution in [0.4, 0.5) is 5.69 Å². The second-order valence-electron chi connectivity index (χ2n) is 4.24. The monoisotopic (exact) mass is 235 g/mol. The molecule has 4 heteroatoms.